The second-order valence-corrected chi connectivity index (χ2v) is 8.70. The predicted molar refractivity (Wildman–Crippen MR) is 126 cm³/mol. The van der Waals surface area contributed by atoms with Gasteiger partial charge < -0.3 is 19.4 Å². The zero-order valence-corrected chi connectivity index (χ0v) is 19.4. The van der Waals surface area contributed by atoms with E-state index in [9.17, 15) is 19.2 Å². The maximum absolute atomic E-state index is 12.8. The normalized spacial score (nSPS) is 13.1. The number of rotatable bonds is 7. The van der Waals surface area contributed by atoms with Crippen LogP contribution in [0.15, 0.2) is 52.2 Å². The van der Waals surface area contributed by atoms with E-state index in [-0.39, 0.29) is 35.2 Å². The van der Waals surface area contributed by atoms with Crippen molar-refractivity contribution in [3.05, 3.63) is 69.8 Å². The van der Waals surface area contributed by atoms with Gasteiger partial charge in [0.05, 0.1) is 34.9 Å². The molecule has 3 aromatic rings. The first-order chi connectivity index (χ1) is 16.5. The molecular weight excluding hydrogens is 458 g/mol. The fraction of sp³-hybridized carbons (Fsp3) is 0.292. The number of amides is 1. The van der Waals surface area contributed by atoms with Crippen LogP contribution in [0.5, 0.6) is 0 Å². The second kappa shape index (κ2) is 10.5. The Balaban J connectivity index is 1.45. The van der Waals surface area contributed by atoms with Crippen molar-refractivity contribution >= 4 is 40.5 Å². The summed E-state index contributed by atoms with van der Waals surface area (Å²) in [4.78, 5) is 58.6. The number of fused-ring (bicyclic) bond motifs is 1. The highest BCUT2D eigenvalue weighted by molar-refractivity contribution is 8.00. The molecule has 0 aliphatic carbocycles. The fourth-order valence-electron chi connectivity index (χ4n) is 3.67. The molecule has 1 aliphatic heterocycles. The van der Waals surface area contributed by atoms with Crippen LogP contribution in [0.2, 0.25) is 0 Å². The summed E-state index contributed by atoms with van der Waals surface area (Å²) >= 11 is 1.29. The van der Waals surface area contributed by atoms with Gasteiger partial charge in [0.15, 0.2) is 0 Å². The lowest BCUT2D eigenvalue weighted by Gasteiger charge is -2.15. The van der Waals surface area contributed by atoms with E-state index in [4.69, 9.17) is 9.47 Å². The lowest BCUT2D eigenvalue weighted by molar-refractivity contribution is -0.127. The summed E-state index contributed by atoms with van der Waals surface area (Å²) in [7, 11) is 1.26. The molecule has 1 amide bonds. The fourth-order valence-corrected chi connectivity index (χ4v) is 4.61. The van der Waals surface area contributed by atoms with Crippen LogP contribution >= 0.6 is 11.8 Å². The van der Waals surface area contributed by atoms with Crippen LogP contribution in [-0.4, -0.2) is 58.7 Å². The Morgan fingerprint density at radius 2 is 1.85 bits per heavy atom. The van der Waals surface area contributed by atoms with Crippen molar-refractivity contribution in [2.24, 2.45) is 0 Å². The Hall–Kier alpha value is -3.66. The molecule has 0 radical (unpaired) electrons. The summed E-state index contributed by atoms with van der Waals surface area (Å²) in [6, 6.07) is 11.3. The van der Waals surface area contributed by atoms with E-state index in [1.165, 1.54) is 37.1 Å². The zero-order chi connectivity index (χ0) is 24.1. The third-order valence-corrected chi connectivity index (χ3v) is 6.49. The summed E-state index contributed by atoms with van der Waals surface area (Å²) in [6.45, 7) is 1.29. The van der Waals surface area contributed by atoms with Crippen LogP contribution in [-0.2, 0) is 20.9 Å². The molecule has 9 nitrogen and oxygen atoms in total. The van der Waals surface area contributed by atoms with Gasteiger partial charge in [-0.15, -0.1) is 11.8 Å². The number of H-pyrrole nitrogens is 1. The van der Waals surface area contributed by atoms with Gasteiger partial charge in [-0.2, -0.15) is 0 Å². The summed E-state index contributed by atoms with van der Waals surface area (Å²) in [6.07, 6.45) is 2.04. The number of carbonyl (C=O) groups is 3. The summed E-state index contributed by atoms with van der Waals surface area (Å²) in [5, 5.41) is 0.298. The van der Waals surface area contributed by atoms with Gasteiger partial charge in [-0.1, -0.05) is 12.1 Å². The Bertz CT molecular complexity index is 1300. The maximum atomic E-state index is 12.8. The highest BCUT2D eigenvalue weighted by atomic mass is 32.2. The summed E-state index contributed by atoms with van der Waals surface area (Å²) in [5.41, 5.74) is 0.459. The Kier molecular flexibility index (Phi) is 7.27. The zero-order valence-electron chi connectivity index (χ0n) is 18.5. The van der Waals surface area contributed by atoms with Gasteiger partial charge >= 0.3 is 11.9 Å². The molecule has 10 heteroatoms. The number of hydrogen-bond donors (Lipinski definition) is 1. The van der Waals surface area contributed by atoms with Crippen LogP contribution in [0.1, 0.15) is 39.4 Å². The SMILES string of the molecule is COC(=O)c1ccc2c(=O)[nH]c(COC(=O)c3ccccc3SCC(=O)N3CCCC3)nc2c1. The molecule has 0 bridgehead atoms. The predicted octanol–water partition coefficient (Wildman–Crippen LogP) is 2.78. The number of aromatic amines is 1. The van der Waals surface area contributed by atoms with Crippen LogP contribution < -0.4 is 5.56 Å². The van der Waals surface area contributed by atoms with E-state index < -0.39 is 17.5 Å². The molecule has 1 aliphatic rings. The Morgan fingerprint density at radius 1 is 1.09 bits per heavy atom. The molecule has 2 heterocycles. The molecule has 1 aromatic heterocycles. The van der Waals surface area contributed by atoms with Crippen molar-refractivity contribution in [2.75, 3.05) is 26.0 Å². The second-order valence-electron chi connectivity index (χ2n) is 7.68. The number of benzene rings is 2. The smallest absolute Gasteiger partial charge is 0.339 e. The monoisotopic (exact) mass is 481 g/mol. The van der Waals surface area contributed by atoms with Gasteiger partial charge in [0, 0.05) is 18.0 Å². The average Bonchev–Trinajstić information content (AvgIpc) is 3.40. The minimum atomic E-state index is -0.595. The first-order valence-corrected chi connectivity index (χ1v) is 11.7. The molecule has 1 N–H and O–H groups in total. The number of esters is 2. The summed E-state index contributed by atoms with van der Waals surface area (Å²) in [5.74, 6) is -0.707. The summed E-state index contributed by atoms with van der Waals surface area (Å²) < 4.78 is 10.1. The van der Waals surface area contributed by atoms with Gasteiger partial charge in [0.2, 0.25) is 5.91 Å². The van der Waals surface area contributed by atoms with Crippen LogP contribution in [0, 0.1) is 0 Å². The quantitative estimate of drug-likeness (QED) is 0.404. The molecule has 2 aromatic carbocycles. The van der Waals surface area contributed by atoms with Crippen molar-refractivity contribution in [1.29, 1.82) is 0 Å². The molecule has 176 valence electrons. The lowest BCUT2D eigenvalue weighted by Crippen LogP contribution is -2.29. The number of carbonyl (C=O) groups excluding carboxylic acids is 3. The van der Waals surface area contributed by atoms with E-state index in [1.54, 1.807) is 24.3 Å². The Morgan fingerprint density at radius 3 is 2.62 bits per heavy atom. The highest BCUT2D eigenvalue weighted by Gasteiger charge is 2.20. The van der Waals surface area contributed by atoms with Gasteiger partial charge in [-0.3, -0.25) is 9.59 Å². The van der Waals surface area contributed by atoms with Crippen molar-refractivity contribution in [3.63, 3.8) is 0 Å². The number of nitrogens with zero attached hydrogens (tertiary/aromatic N) is 2. The molecule has 0 unspecified atom stereocenters. The van der Waals surface area contributed by atoms with E-state index in [0.717, 1.165) is 25.9 Å². The number of aromatic nitrogens is 2. The van der Waals surface area contributed by atoms with E-state index in [2.05, 4.69) is 9.97 Å². The molecule has 1 saturated heterocycles. The van der Waals surface area contributed by atoms with Crippen molar-refractivity contribution in [2.45, 2.75) is 24.3 Å². The largest absolute Gasteiger partial charge is 0.465 e. The van der Waals surface area contributed by atoms with Crippen LogP contribution in [0.25, 0.3) is 10.9 Å². The molecule has 0 saturated carbocycles. The number of methoxy groups -OCH3 is 1. The van der Waals surface area contributed by atoms with Crippen LogP contribution in [0.3, 0.4) is 0 Å². The molecule has 0 spiro atoms. The molecule has 1 fully saturated rings. The third kappa shape index (κ3) is 5.28. The number of nitrogens with one attached hydrogen (secondary N) is 1. The average molecular weight is 482 g/mol. The standard InChI is InChI=1S/C24H23N3O6S/c1-32-23(30)15-8-9-16-18(12-15)25-20(26-22(16)29)13-33-24(31)17-6-2-3-7-19(17)34-14-21(28)27-10-4-5-11-27/h2-3,6-9,12H,4-5,10-11,13-14H2,1H3,(H,25,26,29). The van der Waals surface area contributed by atoms with Crippen LogP contribution in [0.4, 0.5) is 0 Å². The van der Waals surface area contributed by atoms with Gasteiger partial charge in [0.1, 0.15) is 12.4 Å². The van der Waals surface area contributed by atoms with Gasteiger partial charge in [-0.05, 0) is 43.2 Å². The topological polar surface area (TPSA) is 119 Å². The van der Waals surface area contributed by atoms with Crippen molar-refractivity contribution < 1.29 is 23.9 Å². The first-order valence-electron chi connectivity index (χ1n) is 10.7. The maximum Gasteiger partial charge on any atom is 0.339 e. The minimum absolute atomic E-state index is 0.0509. The number of hydrogen-bond acceptors (Lipinski definition) is 8. The third-order valence-electron chi connectivity index (χ3n) is 5.43. The Labute approximate surface area is 199 Å². The van der Waals surface area contributed by atoms with E-state index >= 15 is 0 Å². The van der Waals surface area contributed by atoms with Gasteiger partial charge in [-0.25, -0.2) is 14.6 Å². The molecule has 4 rings (SSSR count). The molecular formula is C24H23N3O6S. The van der Waals surface area contributed by atoms with E-state index in [0.29, 0.717) is 15.8 Å². The van der Waals surface area contributed by atoms with Crippen molar-refractivity contribution in [1.82, 2.24) is 14.9 Å². The number of likely N-dealkylation sites (tertiary alicyclic amines) is 1. The lowest BCUT2D eigenvalue weighted by atomic mass is 10.1. The van der Waals surface area contributed by atoms with Crippen molar-refractivity contribution in [3.8, 4) is 0 Å². The van der Waals surface area contributed by atoms with Gasteiger partial charge in [0.25, 0.3) is 5.56 Å². The highest BCUT2D eigenvalue weighted by Crippen LogP contribution is 2.24. The molecule has 0 atom stereocenters. The first kappa shape index (κ1) is 23.5. The number of ether oxygens (including phenoxy) is 2. The minimum Gasteiger partial charge on any atom is -0.465 e. The molecule has 34 heavy (non-hydrogen) atoms. The number of thioether (sulfide) groups is 1. The van der Waals surface area contributed by atoms with E-state index in [1.807, 2.05) is 4.90 Å².